The molecular weight excluding hydrogens is 339 g/mol. The van der Waals surface area contributed by atoms with Gasteiger partial charge in [-0.1, -0.05) is 19.1 Å². The van der Waals surface area contributed by atoms with Gasteiger partial charge in [0, 0.05) is 19.6 Å². The maximum atomic E-state index is 13.1. The number of hydrogen-bond donors (Lipinski definition) is 2. The molecular formula is C19H27FN2O4. The fraction of sp³-hybridized carbons (Fsp3) is 0.579. The first-order valence-corrected chi connectivity index (χ1v) is 8.85. The van der Waals surface area contributed by atoms with Crippen molar-refractivity contribution in [1.29, 1.82) is 0 Å². The van der Waals surface area contributed by atoms with Gasteiger partial charge in [-0.25, -0.2) is 9.18 Å². The molecule has 1 aliphatic rings. The number of carbonyl (C=O) groups excluding carboxylic acids is 2. The smallest absolute Gasteiger partial charge is 0.328 e. The highest BCUT2D eigenvalue weighted by Crippen LogP contribution is 2.19. The maximum absolute atomic E-state index is 13.1. The normalized spacial score (nSPS) is 20.2. The summed E-state index contributed by atoms with van der Waals surface area (Å²) in [5.74, 6) is -1.60. The Morgan fingerprint density at radius 3 is 2.54 bits per heavy atom. The van der Waals surface area contributed by atoms with Gasteiger partial charge in [-0.3, -0.25) is 4.79 Å². The zero-order valence-corrected chi connectivity index (χ0v) is 15.5. The molecule has 2 rings (SSSR count). The maximum Gasteiger partial charge on any atom is 0.328 e. The fourth-order valence-corrected chi connectivity index (χ4v) is 3.35. The fourth-order valence-electron chi connectivity index (χ4n) is 3.35. The molecule has 2 N–H and O–H groups in total. The first-order chi connectivity index (χ1) is 12.5. The predicted octanol–water partition coefficient (Wildman–Crippen LogP) is 1.43. The molecule has 0 aromatic heterocycles. The van der Waals surface area contributed by atoms with E-state index in [0.29, 0.717) is 0 Å². The number of nitrogens with one attached hydrogen (secondary N) is 2. The molecule has 0 spiro atoms. The summed E-state index contributed by atoms with van der Waals surface area (Å²) >= 11 is 0. The average molecular weight is 366 g/mol. The van der Waals surface area contributed by atoms with Crippen LogP contribution in [0.4, 0.5) is 4.39 Å². The molecule has 1 aliphatic heterocycles. The summed E-state index contributed by atoms with van der Waals surface area (Å²) < 4.78 is 23.4. The van der Waals surface area contributed by atoms with Gasteiger partial charge >= 0.3 is 5.97 Å². The second-order valence-electron chi connectivity index (χ2n) is 6.61. The molecule has 0 unspecified atom stereocenters. The lowest BCUT2D eigenvalue weighted by atomic mass is 9.95. The van der Waals surface area contributed by atoms with E-state index >= 15 is 0 Å². The molecule has 1 amide bonds. The topological polar surface area (TPSA) is 76.7 Å². The van der Waals surface area contributed by atoms with Crippen LogP contribution in [0, 0.1) is 11.7 Å². The van der Waals surface area contributed by atoms with Crippen molar-refractivity contribution in [3.05, 3.63) is 35.6 Å². The van der Waals surface area contributed by atoms with E-state index in [4.69, 9.17) is 9.47 Å². The van der Waals surface area contributed by atoms with Crippen molar-refractivity contribution in [3.63, 3.8) is 0 Å². The zero-order chi connectivity index (χ0) is 19.1. The third kappa shape index (κ3) is 5.25. The minimum Gasteiger partial charge on any atom is -0.467 e. The van der Waals surface area contributed by atoms with E-state index in [1.54, 1.807) is 26.2 Å². The van der Waals surface area contributed by atoms with Crippen LogP contribution < -0.4 is 10.6 Å². The third-order valence-corrected chi connectivity index (χ3v) is 4.83. The number of amides is 1. The lowest BCUT2D eigenvalue weighted by Crippen LogP contribution is -2.50. The molecule has 0 saturated carbocycles. The van der Waals surface area contributed by atoms with Gasteiger partial charge in [-0.15, -0.1) is 0 Å². The van der Waals surface area contributed by atoms with Crippen molar-refractivity contribution in [2.24, 2.45) is 5.92 Å². The van der Waals surface area contributed by atoms with Gasteiger partial charge in [0.05, 0.1) is 19.1 Å². The first kappa shape index (κ1) is 20.3. The number of hydrogen-bond acceptors (Lipinski definition) is 5. The van der Waals surface area contributed by atoms with Crippen LogP contribution in [0.1, 0.15) is 25.3 Å². The molecule has 0 bridgehead atoms. The Hall–Kier alpha value is -1.99. The van der Waals surface area contributed by atoms with Gasteiger partial charge in [0.1, 0.15) is 11.9 Å². The van der Waals surface area contributed by atoms with Gasteiger partial charge in [0.15, 0.2) is 0 Å². The number of benzene rings is 1. The molecule has 1 fully saturated rings. The summed E-state index contributed by atoms with van der Waals surface area (Å²) in [5.41, 5.74) is 0.732. The summed E-state index contributed by atoms with van der Waals surface area (Å²) in [5, 5.41) is 6.10. The lowest BCUT2D eigenvalue weighted by molar-refractivity contribution is -0.146. The number of methoxy groups -OCH3 is 2. The minimum absolute atomic E-state index is 0.120. The molecule has 26 heavy (non-hydrogen) atoms. The molecule has 1 heterocycles. The van der Waals surface area contributed by atoms with Crippen LogP contribution in [0.25, 0.3) is 0 Å². The standard InChI is InChI=1S/C19H27FN2O4/c1-12(17(25-2)15-5-4-10-21-15)18(23)22-16(19(24)26-3)11-13-6-8-14(20)9-7-13/h6-9,12,15-17,21H,4-5,10-11H2,1-3H3,(H,22,23)/t12-,15+,16+,17-/m1/s1. The summed E-state index contributed by atoms with van der Waals surface area (Å²) in [6, 6.07) is 5.09. The van der Waals surface area contributed by atoms with Gasteiger partial charge in [0.25, 0.3) is 0 Å². The van der Waals surface area contributed by atoms with Crippen LogP contribution in [0.15, 0.2) is 24.3 Å². The van der Waals surface area contributed by atoms with Gasteiger partial charge < -0.3 is 20.1 Å². The molecule has 4 atom stereocenters. The van der Waals surface area contributed by atoms with Crippen LogP contribution in [0.3, 0.4) is 0 Å². The summed E-state index contributed by atoms with van der Waals surface area (Å²) in [4.78, 5) is 24.8. The molecule has 1 aromatic rings. The van der Waals surface area contributed by atoms with E-state index in [0.717, 1.165) is 24.9 Å². The third-order valence-electron chi connectivity index (χ3n) is 4.83. The SMILES string of the molecule is COC(=O)[C@H](Cc1ccc(F)cc1)NC(=O)[C@H](C)[C@@H](OC)[C@@H]1CCCN1. The molecule has 1 aromatic carbocycles. The molecule has 0 aliphatic carbocycles. The number of esters is 1. The van der Waals surface area contributed by atoms with E-state index < -0.39 is 17.9 Å². The van der Waals surface area contributed by atoms with Gasteiger partial charge in [-0.2, -0.15) is 0 Å². The van der Waals surface area contributed by atoms with Crippen LogP contribution in [-0.2, 0) is 25.5 Å². The Balaban J connectivity index is 2.04. The Kier molecular flexibility index (Phi) is 7.53. The Labute approximate surface area is 153 Å². The number of halogens is 1. The highest BCUT2D eigenvalue weighted by Gasteiger charge is 2.34. The van der Waals surface area contributed by atoms with Crippen molar-refractivity contribution in [2.45, 2.75) is 44.4 Å². The largest absolute Gasteiger partial charge is 0.467 e. The molecule has 6 nitrogen and oxygen atoms in total. The highest BCUT2D eigenvalue weighted by atomic mass is 19.1. The lowest BCUT2D eigenvalue weighted by Gasteiger charge is -2.28. The van der Waals surface area contributed by atoms with E-state index in [-0.39, 0.29) is 30.3 Å². The second kappa shape index (κ2) is 9.64. The Morgan fingerprint density at radius 1 is 1.31 bits per heavy atom. The van der Waals surface area contributed by atoms with E-state index in [2.05, 4.69) is 10.6 Å². The highest BCUT2D eigenvalue weighted by molar-refractivity contribution is 5.86. The van der Waals surface area contributed by atoms with Crippen molar-refractivity contribution in [3.8, 4) is 0 Å². The summed E-state index contributed by atoms with van der Waals surface area (Å²) in [6.07, 6.45) is 1.95. The van der Waals surface area contributed by atoms with Crippen LogP contribution in [-0.4, -0.2) is 50.8 Å². The van der Waals surface area contributed by atoms with Gasteiger partial charge in [-0.05, 0) is 37.1 Å². The van der Waals surface area contributed by atoms with Crippen LogP contribution in [0.5, 0.6) is 0 Å². The van der Waals surface area contributed by atoms with Gasteiger partial charge in [0.2, 0.25) is 5.91 Å². The van der Waals surface area contributed by atoms with Crippen molar-refractivity contribution >= 4 is 11.9 Å². The molecule has 1 saturated heterocycles. The number of rotatable bonds is 8. The molecule has 144 valence electrons. The second-order valence-corrected chi connectivity index (χ2v) is 6.61. The Morgan fingerprint density at radius 2 is 2.00 bits per heavy atom. The van der Waals surface area contributed by atoms with E-state index in [1.165, 1.54) is 19.2 Å². The summed E-state index contributed by atoms with van der Waals surface area (Å²) in [6.45, 7) is 2.70. The minimum atomic E-state index is -0.838. The van der Waals surface area contributed by atoms with Crippen LogP contribution in [0.2, 0.25) is 0 Å². The number of carbonyl (C=O) groups is 2. The predicted molar refractivity (Wildman–Crippen MR) is 95.0 cm³/mol. The quantitative estimate of drug-likeness (QED) is 0.681. The summed E-state index contributed by atoms with van der Waals surface area (Å²) in [7, 11) is 2.86. The van der Waals surface area contributed by atoms with Crippen molar-refractivity contribution < 1.29 is 23.5 Å². The van der Waals surface area contributed by atoms with Crippen molar-refractivity contribution in [2.75, 3.05) is 20.8 Å². The van der Waals surface area contributed by atoms with Crippen molar-refractivity contribution in [1.82, 2.24) is 10.6 Å². The number of ether oxygens (including phenoxy) is 2. The van der Waals surface area contributed by atoms with E-state index in [9.17, 15) is 14.0 Å². The zero-order valence-electron chi connectivity index (χ0n) is 15.5. The molecule has 7 heteroatoms. The van der Waals surface area contributed by atoms with Crippen LogP contribution >= 0.6 is 0 Å². The first-order valence-electron chi connectivity index (χ1n) is 8.85. The van der Waals surface area contributed by atoms with E-state index in [1.807, 2.05) is 0 Å². The average Bonchev–Trinajstić information content (AvgIpc) is 3.17. The molecule has 0 radical (unpaired) electrons. The Bertz CT molecular complexity index is 602. The monoisotopic (exact) mass is 366 g/mol.